The molecule has 160 valence electrons. The number of amides is 1. The number of furan rings is 1. The van der Waals surface area contributed by atoms with Gasteiger partial charge in [-0.3, -0.25) is 9.69 Å². The van der Waals surface area contributed by atoms with Crippen LogP contribution in [0.5, 0.6) is 5.75 Å². The lowest BCUT2D eigenvalue weighted by molar-refractivity contribution is -0.134. The van der Waals surface area contributed by atoms with Gasteiger partial charge in [0.05, 0.1) is 25.6 Å². The van der Waals surface area contributed by atoms with Gasteiger partial charge in [0.15, 0.2) is 0 Å². The van der Waals surface area contributed by atoms with Crippen molar-refractivity contribution in [3.8, 4) is 5.75 Å². The van der Waals surface area contributed by atoms with E-state index in [0.717, 1.165) is 28.3 Å². The molecule has 0 saturated heterocycles. The number of carbonyl (C=O) groups is 1. The molecule has 31 heavy (non-hydrogen) atoms. The lowest BCUT2D eigenvalue weighted by Crippen LogP contribution is -2.36. The average Bonchev–Trinajstić information content (AvgIpc) is 3.44. The van der Waals surface area contributed by atoms with Crippen LogP contribution in [-0.2, 0) is 11.3 Å². The van der Waals surface area contributed by atoms with Crippen LogP contribution in [0.15, 0.2) is 76.4 Å². The van der Waals surface area contributed by atoms with Crippen molar-refractivity contribution >= 4 is 11.6 Å². The number of hydrogen-bond acceptors (Lipinski definition) is 5. The summed E-state index contributed by atoms with van der Waals surface area (Å²) in [5.41, 5.74) is 4.20. The molecule has 0 fully saturated rings. The molecule has 0 saturated carbocycles. The number of rotatable bonds is 7. The molecule has 0 radical (unpaired) electrons. The largest absolute Gasteiger partial charge is 0.497 e. The second-order valence-electron chi connectivity index (χ2n) is 7.91. The molecule has 1 aliphatic rings. The topological polar surface area (TPSA) is 58.3 Å². The molecule has 6 nitrogen and oxygen atoms in total. The van der Waals surface area contributed by atoms with Gasteiger partial charge < -0.3 is 9.15 Å². The maximum absolute atomic E-state index is 13.2. The Morgan fingerprint density at radius 2 is 2.00 bits per heavy atom. The Morgan fingerprint density at radius 1 is 1.19 bits per heavy atom. The van der Waals surface area contributed by atoms with E-state index < -0.39 is 0 Å². The number of nitrogens with zero attached hydrogens (tertiary/aromatic N) is 3. The highest BCUT2D eigenvalue weighted by atomic mass is 16.5. The fourth-order valence-corrected chi connectivity index (χ4v) is 3.81. The van der Waals surface area contributed by atoms with Gasteiger partial charge in [-0.15, -0.1) is 0 Å². The SMILES string of the molecule is COc1cccc(CN(C)CC(=O)N2N=C(c3ccc(C)cc3)C[C@@H]2c2ccco2)c1. The van der Waals surface area contributed by atoms with E-state index in [1.807, 2.05) is 48.3 Å². The Kier molecular flexibility index (Phi) is 6.18. The molecular formula is C25H27N3O3. The molecule has 1 aromatic heterocycles. The molecule has 0 bridgehead atoms. The fourth-order valence-electron chi connectivity index (χ4n) is 3.81. The maximum atomic E-state index is 13.2. The smallest absolute Gasteiger partial charge is 0.257 e. The highest BCUT2D eigenvalue weighted by molar-refractivity contribution is 6.03. The van der Waals surface area contributed by atoms with Gasteiger partial charge in [0.1, 0.15) is 17.6 Å². The van der Waals surface area contributed by atoms with Crippen LogP contribution in [0.3, 0.4) is 0 Å². The van der Waals surface area contributed by atoms with Crippen LogP contribution in [0.2, 0.25) is 0 Å². The zero-order chi connectivity index (χ0) is 21.8. The molecule has 1 atom stereocenters. The summed E-state index contributed by atoms with van der Waals surface area (Å²) in [6.07, 6.45) is 2.26. The van der Waals surface area contributed by atoms with Gasteiger partial charge in [0.25, 0.3) is 5.91 Å². The number of carbonyl (C=O) groups excluding carboxylic acids is 1. The van der Waals surface area contributed by atoms with Gasteiger partial charge >= 0.3 is 0 Å². The van der Waals surface area contributed by atoms with Gasteiger partial charge in [-0.05, 0) is 49.4 Å². The molecule has 0 N–H and O–H groups in total. The summed E-state index contributed by atoms with van der Waals surface area (Å²) in [6.45, 7) is 2.94. The molecular weight excluding hydrogens is 390 g/mol. The summed E-state index contributed by atoms with van der Waals surface area (Å²) in [7, 11) is 3.58. The van der Waals surface area contributed by atoms with E-state index in [1.54, 1.807) is 18.4 Å². The third kappa shape index (κ3) is 4.86. The molecule has 1 aliphatic heterocycles. The highest BCUT2D eigenvalue weighted by Gasteiger charge is 2.35. The van der Waals surface area contributed by atoms with Crippen molar-refractivity contribution in [2.45, 2.75) is 25.9 Å². The van der Waals surface area contributed by atoms with E-state index in [4.69, 9.17) is 14.3 Å². The van der Waals surface area contributed by atoms with E-state index >= 15 is 0 Å². The summed E-state index contributed by atoms with van der Waals surface area (Å²) >= 11 is 0. The van der Waals surface area contributed by atoms with Crippen molar-refractivity contribution in [2.75, 3.05) is 20.7 Å². The standard InChI is InChI=1S/C25H27N3O3/c1-18-9-11-20(12-10-18)22-15-23(24-8-5-13-31-24)28(26-22)25(29)17-27(2)16-19-6-4-7-21(14-19)30-3/h4-14,23H,15-17H2,1-3H3/t23-/m1/s1. The molecule has 0 unspecified atom stereocenters. The Labute approximate surface area is 182 Å². The summed E-state index contributed by atoms with van der Waals surface area (Å²) in [5, 5.41) is 6.29. The van der Waals surface area contributed by atoms with Crippen molar-refractivity contribution < 1.29 is 13.9 Å². The second-order valence-corrected chi connectivity index (χ2v) is 7.91. The van der Waals surface area contributed by atoms with Gasteiger partial charge in [-0.1, -0.05) is 42.0 Å². The van der Waals surface area contributed by atoms with Crippen LogP contribution in [0.1, 0.15) is 34.9 Å². The van der Waals surface area contributed by atoms with Crippen molar-refractivity contribution in [3.63, 3.8) is 0 Å². The van der Waals surface area contributed by atoms with Crippen LogP contribution in [0.4, 0.5) is 0 Å². The Bertz CT molecular complexity index is 1060. The Balaban J connectivity index is 1.50. The molecule has 2 heterocycles. The van der Waals surface area contributed by atoms with Crippen LogP contribution >= 0.6 is 0 Å². The molecule has 6 heteroatoms. The number of hydrazone groups is 1. The first-order chi connectivity index (χ1) is 15.0. The first kappa shape index (κ1) is 20.9. The Hall–Kier alpha value is -3.38. The first-order valence-electron chi connectivity index (χ1n) is 10.3. The van der Waals surface area contributed by atoms with Gasteiger partial charge in [0.2, 0.25) is 0 Å². The number of benzene rings is 2. The van der Waals surface area contributed by atoms with E-state index in [9.17, 15) is 4.79 Å². The van der Waals surface area contributed by atoms with Crippen molar-refractivity contribution in [1.82, 2.24) is 9.91 Å². The lowest BCUT2D eigenvalue weighted by Gasteiger charge is -2.23. The Morgan fingerprint density at radius 3 is 2.71 bits per heavy atom. The summed E-state index contributed by atoms with van der Waals surface area (Å²) in [5.74, 6) is 1.49. The van der Waals surface area contributed by atoms with Crippen LogP contribution < -0.4 is 4.74 Å². The van der Waals surface area contributed by atoms with Crippen molar-refractivity contribution in [1.29, 1.82) is 0 Å². The number of aryl methyl sites for hydroxylation is 1. The van der Waals surface area contributed by atoms with E-state index in [0.29, 0.717) is 13.0 Å². The average molecular weight is 418 g/mol. The fraction of sp³-hybridized carbons (Fsp3) is 0.280. The zero-order valence-electron chi connectivity index (χ0n) is 18.1. The highest BCUT2D eigenvalue weighted by Crippen LogP contribution is 2.33. The zero-order valence-corrected chi connectivity index (χ0v) is 18.1. The monoisotopic (exact) mass is 417 g/mol. The molecule has 2 aromatic carbocycles. The summed E-state index contributed by atoms with van der Waals surface area (Å²) in [6, 6.07) is 19.6. The lowest BCUT2D eigenvalue weighted by atomic mass is 10.0. The summed E-state index contributed by atoms with van der Waals surface area (Å²) < 4.78 is 10.9. The molecule has 0 aliphatic carbocycles. The molecule has 3 aromatic rings. The van der Waals surface area contributed by atoms with Gasteiger partial charge in [-0.25, -0.2) is 5.01 Å². The quantitative estimate of drug-likeness (QED) is 0.572. The van der Waals surface area contributed by atoms with Gasteiger partial charge in [-0.2, -0.15) is 5.10 Å². The molecule has 1 amide bonds. The normalized spacial score (nSPS) is 15.9. The number of hydrogen-bond donors (Lipinski definition) is 0. The van der Waals surface area contributed by atoms with Gasteiger partial charge in [0, 0.05) is 13.0 Å². The first-order valence-corrected chi connectivity index (χ1v) is 10.3. The minimum absolute atomic E-state index is 0.0612. The number of ether oxygens (including phenoxy) is 1. The third-order valence-corrected chi connectivity index (χ3v) is 5.41. The maximum Gasteiger partial charge on any atom is 0.257 e. The van der Waals surface area contributed by atoms with Crippen molar-refractivity contribution in [3.05, 3.63) is 89.4 Å². The number of likely N-dealkylation sites (N-methyl/N-ethyl adjacent to an activating group) is 1. The van der Waals surface area contributed by atoms with E-state index in [2.05, 4.69) is 31.2 Å². The minimum Gasteiger partial charge on any atom is -0.497 e. The van der Waals surface area contributed by atoms with Crippen LogP contribution in [-0.4, -0.2) is 42.2 Å². The minimum atomic E-state index is -0.232. The van der Waals surface area contributed by atoms with Crippen LogP contribution in [0, 0.1) is 6.92 Å². The molecule has 4 rings (SSSR count). The summed E-state index contributed by atoms with van der Waals surface area (Å²) in [4.78, 5) is 15.2. The predicted molar refractivity (Wildman–Crippen MR) is 120 cm³/mol. The van der Waals surface area contributed by atoms with Crippen LogP contribution in [0.25, 0.3) is 0 Å². The van der Waals surface area contributed by atoms with Crippen molar-refractivity contribution in [2.24, 2.45) is 5.10 Å². The predicted octanol–water partition coefficient (Wildman–Crippen LogP) is 4.41. The van der Waals surface area contributed by atoms with E-state index in [1.165, 1.54) is 5.56 Å². The second kappa shape index (κ2) is 9.18. The van der Waals surface area contributed by atoms with E-state index in [-0.39, 0.29) is 18.5 Å². The third-order valence-electron chi connectivity index (χ3n) is 5.41. The number of methoxy groups -OCH3 is 1. The molecule has 0 spiro atoms.